The zero-order valence-electron chi connectivity index (χ0n) is 35.3. The van der Waals surface area contributed by atoms with Crippen molar-refractivity contribution >= 4 is 41.4 Å². The summed E-state index contributed by atoms with van der Waals surface area (Å²) in [5, 5.41) is 39.6. The van der Waals surface area contributed by atoms with E-state index in [9.17, 15) is 44.1 Å². The number of aliphatic hydroxyl groups is 3. The van der Waals surface area contributed by atoms with Crippen molar-refractivity contribution in [3.05, 3.63) is 34.9 Å². The fourth-order valence-corrected chi connectivity index (χ4v) is 9.96. The quantitative estimate of drug-likeness (QED) is 0.138. The number of amides is 1. The predicted octanol–water partition coefficient (Wildman–Crippen LogP) is 2.43. The van der Waals surface area contributed by atoms with Gasteiger partial charge in [-0.05, 0) is 64.0 Å². The Labute approximate surface area is 344 Å². The van der Waals surface area contributed by atoms with Crippen molar-refractivity contribution in [1.29, 1.82) is 0 Å². The zero-order valence-corrected chi connectivity index (χ0v) is 35.3. The van der Waals surface area contributed by atoms with Crippen LogP contribution in [0.5, 0.6) is 0 Å². The second-order valence-electron chi connectivity index (χ2n) is 17.9. The van der Waals surface area contributed by atoms with E-state index in [2.05, 4.69) is 5.32 Å². The maximum absolute atomic E-state index is 15.4. The van der Waals surface area contributed by atoms with Gasteiger partial charge in [-0.2, -0.15) is 0 Å². The van der Waals surface area contributed by atoms with E-state index in [1.165, 1.54) is 33.8 Å². The number of fused-ring (bicyclic) bond motifs is 6. The second kappa shape index (κ2) is 17.0. The van der Waals surface area contributed by atoms with Crippen LogP contribution >= 0.6 is 0 Å². The van der Waals surface area contributed by atoms with Gasteiger partial charge in [0.25, 0.3) is 0 Å². The highest BCUT2D eigenvalue weighted by Crippen LogP contribution is 2.64. The Morgan fingerprint density at radius 3 is 2.22 bits per heavy atom. The lowest BCUT2D eigenvalue weighted by Gasteiger charge is -2.67. The molecule has 16 heteroatoms. The molecule has 59 heavy (non-hydrogen) atoms. The zero-order chi connectivity index (χ0) is 44.0. The van der Waals surface area contributed by atoms with E-state index in [-0.39, 0.29) is 42.9 Å². The summed E-state index contributed by atoms with van der Waals surface area (Å²) < 4.78 is 29.8. The van der Waals surface area contributed by atoms with Crippen molar-refractivity contribution in [2.24, 2.45) is 22.7 Å². The van der Waals surface area contributed by atoms with Crippen LogP contribution < -0.4 is 5.32 Å². The van der Waals surface area contributed by atoms with Gasteiger partial charge in [-0.1, -0.05) is 44.6 Å². The van der Waals surface area contributed by atoms with Crippen LogP contribution in [-0.4, -0.2) is 117 Å². The minimum atomic E-state index is -2.47. The van der Waals surface area contributed by atoms with Crippen LogP contribution in [0.25, 0.3) is 0 Å². The number of rotatable bonds is 3. The Balaban J connectivity index is 1.79. The standard InChI is InChI=1S/C43H59NO15/c1-21(2)16-26-33(50)39(53)57-28-19-43(54)37(58-38(52)27(47)17-22(3)14-12-10-11-13-15-31(49)44-26)35-41(9,29(48)18-30-42(35,20-55-30)59-25(6)46)36(51)34(56-24(5)45)32(23(28)4)40(43,7)8/h10-11,16,22,26,28-30,33-35,37,48,50,54H,12-15,17-20H2,1-9H3,(H,44,49)/b11-10-/t22-,26?,28+,29+,30-,33-,34-,35+,37+,41-,42+,43-/m1/s1. The number of carbonyl (C=O) groups is 7. The van der Waals surface area contributed by atoms with Gasteiger partial charge in [0.1, 0.15) is 23.9 Å². The highest BCUT2D eigenvalue weighted by Gasteiger charge is 2.78. The summed E-state index contributed by atoms with van der Waals surface area (Å²) in [6.45, 7) is 12.9. The summed E-state index contributed by atoms with van der Waals surface area (Å²) in [6, 6.07) is -1.24. The number of aliphatic hydroxyl groups excluding tert-OH is 2. The normalized spacial score (nSPS) is 39.9. The molecule has 0 aromatic carbocycles. The monoisotopic (exact) mass is 829 g/mol. The average Bonchev–Trinajstić information content (AvgIpc) is 3.12. The summed E-state index contributed by atoms with van der Waals surface area (Å²) in [7, 11) is 0. The third-order valence-electron chi connectivity index (χ3n) is 13.1. The van der Waals surface area contributed by atoms with E-state index >= 15 is 4.79 Å². The van der Waals surface area contributed by atoms with Crippen molar-refractivity contribution in [1.82, 2.24) is 5.32 Å². The summed E-state index contributed by atoms with van der Waals surface area (Å²) in [6.07, 6.45) is -4.54. The first-order valence-electron chi connectivity index (χ1n) is 20.3. The molecule has 0 aromatic heterocycles. The average molecular weight is 830 g/mol. The summed E-state index contributed by atoms with van der Waals surface area (Å²) in [5.41, 5.74) is -7.36. The summed E-state index contributed by atoms with van der Waals surface area (Å²) >= 11 is 0. The second-order valence-corrected chi connectivity index (χ2v) is 17.9. The fourth-order valence-electron chi connectivity index (χ4n) is 9.96. The Hall–Kier alpha value is -4.25. The number of esters is 4. The maximum Gasteiger partial charge on any atom is 0.374 e. The third kappa shape index (κ3) is 8.29. The molecule has 3 fully saturated rings. The van der Waals surface area contributed by atoms with Crippen LogP contribution in [0, 0.1) is 22.7 Å². The van der Waals surface area contributed by atoms with Gasteiger partial charge < -0.3 is 44.3 Å². The SMILES string of the molecule is CC(=O)O[C@H]1C(=O)[C@@]2(C)[C@H]([C@@H]3OC(=O)C(=O)C[C@H](C)CC/C=C\CCC(=O)NC(C=C(C)C)[C@@H](O)C(=O)O[C@H]4C[C@]3(O)C(C)(C)C1=C4C)[C@]1(OC(C)=O)CO[C@@H]1C[C@@H]2O. The van der Waals surface area contributed by atoms with E-state index in [1.807, 2.05) is 6.08 Å². The van der Waals surface area contributed by atoms with Gasteiger partial charge in [-0.25, -0.2) is 9.59 Å². The van der Waals surface area contributed by atoms with Crippen LogP contribution in [0.15, 0.2) is 34.9 Å². The topological polar surface area (TPSA) is 238 Å². The lowest BCUT2D eigenvalue weighted by molar-refractivity contribution is -0.347. The van der Waals surface area contributed by atoms with Crippen molar-refractivity contribution < 1.29 is 72.6 Å². The third-order valence-corrected chi connectivity index (χ3v) is 13.1. The molecule has 2 aliphatic heterocycles. The Bertz CT molecular complexity index is 1840. The van der Waals surface area contributed by atoms with Crippen molar-refractivity contribution in [2.75, 3.05) is 6.61 Å². The number of hydrogen-bond acceptors (Lipinski definition) is 15. The minimum Gasteiger partial charge on any atom is -0.456 e. The molecule has 1 unspecified atom stereocenters. The minimum absolute atomic E-state index is 0.0314. The fraction of sp³-hybridized carbons (Fsp3) is 0.698. The number of hydrogen-bond donors (Lipinski definition) is 4. The first kappa shape index (κ1) is 45.8. The van der Waals surface area contributed by atoms with Gasteiger partial charge in [0.05, 0.1) is 30.1 Å². The van der Waals surface area contributed by atoms with Gasteiger partial charge >= 0.3 is 23.9 Å². The molecule has 0 aromatic rings. The van der Waals surface area contributed by atoms with Crippen LogP contribution in [-0.2, 0) is 57.2 Å². The Morgan fingerprint density at radius 1 is 0.966 bits per heavy atom. The smallest absolute Gasteiger partial charge is 0.374 e. The molecule has 3 aliphatic carbocycles. The molecule has 2 saturated carbocycles. The number of ether oxygens (including phenoxy) is 5. The first-order valence-corrected chi connectivity index (χ1v) is 20.3. The molecule has 1 amide bonds. The maximum atomic E-state index is 15.4. The molecular weight excluding hydrogens is 770 g/mol. The number of Topliss-reactive ketones (excluding diaryl/α,β-unsaturated/α-hetero) is 2. The van der Waals surface area contributed by atoms with Gasteiger partial charge in [-0.15, -0.1) is 0 Å². The lowest BCUT2D eigenvalue weighted by Crippen LogP contribution is -2.82. The Kier molecular flexibility index (Phi) is 13.2. The molecule has 0 spiro atoms. The van der Waals surface area contributed by atoms with Gasteiger partial charge in [0, 0.05) is 44.9 Å². The van der Waals surface area contributed by atoms with Crippen molar-refractivity contribution in [3.8, 4) is 0 Å². The first-order chi connectivity index (χ1) is 27.4. The largest absolute Gasteiger partial charge is 0.456 e. The molecule has 5 rings (SSSR count). The van der Waals surface area contributed by atoms with Crippen LogP contribution in [0.1, 0.15) is 107 Å². The number of carbonyl (C=O) groups excluding carboxylic acids is 7. The molecule has 1 saturated heterocycles. The molecule has 5 aliphatic rings. The molecule has 0 radical (unpaired) electrons. The molecule has 16 nitrogen and oxygen atoms in total. The molecule has 2 heterocycles. The van der Waals surface area contributed by atoms with Gasteiger partial charge in [0.2, 0.25) is 11.7 Å². The highest BCUT2D eigenvalue weighted by molar-refractivity contribution is 6.33. The lowest BCUT2D eigenvalue weighted by atomic mass is 9.44. The predicted molar refractivity (Wildman–Crippen MR) is 207 cm³/mol. The van der Waals surface area contributed by atoms with E-state index in [1.54, 1.807) is 26.8 Å². The van der Waals surface area contributed by atoms with Crippen LogP contribution in [0.2, 0.25) is 0 Å². The molecule has 3 bridgehead atoms. The number of nitrogens with one attached hydrogen (secondary N) is 1. The number of ketones is 2. The van der Waals surface area contributed by atoms with Crippen LogP contribution in [0.3, 0.4) is 0 Å². The number of allylic oxidation sites excluding steroid dienone is 3. The van der Waals surface area contributed by atoms with E-state index in [4.69, 9.17) is 23.7 Å². The van der Waals surface area contributed by atoms with E-state index in [0.29, 0.717) is 24.8 Å². The Morgan fingerprint density at radius 2 is 1.63 bits per heavy atom. The highest BCUT2D eigenvalue weighted by atomic mass is 16.6. The van der Waals surface area contributed by atoms with Crippen molar-refractivity contribution in [2.45, 2.75) is 161 Å². The summed E-state index contributed by atoms with van der Waals surface area (Å²) in [4.78, 5) is 96.1. The van der Waals surface area contributed by atoms with Gasteiger partial charge in [-0.3, -0.25) is 24.0 Å². The summed E-state index contributed by atoms with van der Waals surface area (Å²) in [5.74, 6) is -8.58. The van der Waals surface area contributed by atoms with E-state index < -0.39 is 118 Å². The van der Waals surface area contributed by atoms with Crippen molar-refractivity contribution in [3.63, 3.8) is 0 Å². The van der Waals surface area contributed by atoms with Gasteiger partial charge in [0.15, 0.2) is 23.6 Å². The molecule has 326 valence electrons. The molecule has 4 N–H and O–H groups in total. The molecule has 12 atom stereocenters. The van der Waals surface area contributed by atoms with Crippen LogP contribution in [0.4, 0.5) is 0 Å². The van der Waals surface area contributed by atoms with E-state index in [0.717, 1.165) is 13.8 Å². The molecular formula is C43H59NO15.